The zero-order valence-corrected chi connectivity index (χ0v) is 17.5. The van der Waals surface area contributed by atoms with Gasteiger partial charge < -0.3 is 10.2 Å². The number of anilines is 2. The van der Waals surface area contributed by atoms with Gasteiger partial charge in [0.05, 0.1) is 18.4 Å². The third-order valence-electron chi connectivity index (χ3n) is 4.95. The first-order valence-corrected chi connectivity index (χ1v) is 9.78. The Bertz CT molecular complexity index is 1020. The third kappa shape index (κ3) is 4.16. The minimum atomic E-state index is -0.366. The molecule has 2 aromatic heterocycles. The van der Waals surface area contributed by atoms with Crippen LogP contribution in [0.4, 0.5) is 15.9 Å². The van der Waals surface area contributed by atoms with Gasteiger partial charge in [0.15, 0.2) is 5.82 Å². The van der Waals surface area contributed by atoms with Crippen LogP contribution in [0, 0.1) is 5.82 Å². The molecular weight excluding hydrogens is 371 g/mol. The van der Waals surface area contributed by atoms with Crippen LogP contribution in [0.1, 0.15) is 32.0 Å². The largest absolute Gasteiger partial charge is 0.338 e. The number of hydrogen-bond donors (Lipinski definition) is 1. The Labute approximate surface area is 170 Å². The molecule has 1 aliphatic heterocycles. The molecule has 0 saturated heterocycles. The molecule has 1 aliphatic rings. The van der Waals surface area contributed by atoms with Gasteiger partial charge in [0.1, 0.15) is 5.82 Å². The Morgan fingerprint density at radius 2 is 1.97 bits per heavy atom. The maximum Gasteiger partial charge on any atom is 0.219 e. The van der Waals surface area contributed by atoms with Crippen molar-refractivity contribution in [1.29, 1.82) is 0 Å². The number of nitrogens with one attached hydrogen (secondary N) is 1. The fourth-order valence-corrected chi connectivity index (χ4v) is 3.46. The van der Waals surface area contributed by atoms with Crippen molar-refractivity contribution in [2.24, 2.45) is 14.1 Å². The Hall–Kier alpha value is -3.16. The van der Waals surface area contributed by atoms with E-state index in [2.05, 4.69) is 15.5 Å². The lowest BCUT2D eigenvalue weighted by Gasteiger charge is -2.26. The van der Waals surface area contributed by atoms with Crippen molar-refractivity contribution < 1.29 is 9.18 Å². The van der Waals surface area contributed by atoms with Crippen molar-refractivity contribution in [2.75, 3.05) is 11.9 Å². The van der Waals surface area contributed by atoms with Gasteiger partial charge in [-0.25, -0.2) is 4.39 Å². The van der Waals surface area contributed by atoms with E-state index in [0.29, 0.717) is 24.6 Å². The number of carbonyl (C=O) groups is 1. The van der Waals surface area contributed by atoms with Crippen molar-refractivity contribution >= 4 is 17.4 Å². The molecule has 0 saturated carbocycles. The second kappa shape index (κ2) is 8.46. The monoisotopic (exact) mass is 398 g/mol. The first kappa shape index (κ1) is 20.6. The molecule has 154 valence electrons. The normalized spacial score (nSPS) is 12.8. The summed E-state index contributed by atoms with van der Waals surface area (Å²) in [6.45, 7) is 6.72. The van der Waals surface area contributed by atoms with Crippen molar-refractivity contribution in [3.05, 3.63) is 47.7 Å². The van der Waals surface area contributed by atoms with E-state index < -0.39 is 0 Å². The standard InChI is InChI=1S/C19H21FN6O.C2H6/c1-12(27)26-7-6-18-15(11-26)19(23-25(18)3)22-17-5-4-13(8-16(17)20)14-9-21-24(2)10-14;1-2/h4-5,8-10H,6-7,11H2,1-3H3,(H,22,23);1-2H3. The third-order valence-corrected chi connectivity index (χ3v) is 4.95. The molecule has 1 aromatic carbocycles. The van der Waals surface area contributed by atoms with Crippen LogP contribution >= 0.6 is 0 Å². The molecule has 0 unspecified atom stereocenters. The summed E-state index contributed by atoms with van der Waals surface area (Å²) in [7, 11) is 3.69. The topological polar surface area (TPSA) is 68.0 Å². The number of fused-ring (bicyclic) bond motifs is 1. The molecule has 0 fully saturated rings. The van der Waals surface area contributed by atoms with Crippen molar-refractivity contribution in [3.63, 3.8) is 0 Å². The Morgan fingerprint density at radius 3 is 2.59 bits per heavy atom. The van der Waals surface area contributed by atoms with Crippen molar-refractivity contribution in [3.8, 4) is 11.1 Å². The maximum absolute atomic E-state index is 14.7. The second-order valence-electron chi connectivity index (χ2n) is 6.81. The molecule has 0 radical (unpaired) electrons. The van der Waals surface area contributed by atoms with Crippen LogP contribution in [0.25, 0.3) is 11.1 Å². The van der Waals surface area contributed by atoms with E-state index in [1.807, 2.05) is 40.2 Å². The summed E-state index contributed by atoms with van der Waals surface area (Å²) in [5.74, 6) is 0.254. The summed E-state index contributed by atoms with van der Waals surface area (Å²) >= 11 is 0. The predicted octanol–water partition coefficient (Wildman–Crippen LogP) is 3.63. The van der Waals surface area contributed by atoms with Gasteiger partial charge in [0.25, 0.3) is 0 Å². The highest BCUT2D eigenvalue weighted by atomic mass is 19.1. The zero-order chi connectivity index (χ0) is 21.1. The molecular formula is C21H27FN6O. The van der Waals surface area contributed by atoms with Crippen LogP contribution in [0.3, 0.4) is 0 Å². The Kier molecular flexibility index (Phi) is 6.00. The number of carbonyl (C=O) groups excluding carboxylic acids is 1. The number of aromatic nitrogens is 4. The summed E-state index contributed by atoms with van der Waals surface area (Å²) < 4.78 is 18.2. The summed E-state index contributed by atoms with van der Waals surface area (Å²) in [6.07, 6.45) is 4.28. The molecule has 29 heavy (non-hydrogen) atoms. The van der Waals surface area contributed by atoms with E-state index in [1.165, 1.54) is 6.07 Å². The summed E-state index contributed by atoms with van der Waals surface area (Å²) in [5.41, 5.74) is 3.98. The molecule has 0 aliphatic carbocycles. The number of benzene rings is 1. The fourth-order valence-electron chi connectivity index (χ4n) is 3.46. The minimum absolute atomic E-state index is 0.0301. The van der Waals surface area contributed by atoms with Crippen molar-refractivity contribution in [2.45, 2.75) is 33.7 Å². The molecule has 1 N–H and O–H groups in total. The lowest BCUT2D eigenvalue weighted by atomic mass is 10.1. The lowest BCUT2D eigenvalue weighted by molar-refractivity contribution is -0.129. The van der Waals surface area contributed by atoms with E-state index in [9.17, 15) is 9.18 Å². The van der Waals surface area contributed by atoms with Gasteiger partial charge in [-0.3, -0.25) is 14.2 Å². The molecule has 8 heteroatoms. The van der Waals surface area contributed by atoms with Gasteiger partial charge in [-0.05, 0) is 17.7 Å². The van der Waals surface area contributed by atoms with Crippen LogP contribution in [0.5, 0.6) is 0 Å². The Morgan fingerprint density at radius 1 is 1.21 bits per heavy atom. The first-order valence-electron chi connectivity index (χ1n) is 9.78. The number of halogens is 1. The van der Waals surface area contributed by atoms with Gasteiger partial charge in [-0.2, -0.15) is 10.2 Å². The number of rotatable bonds is 3. The lowest BCUT2D eigenvalue weighted by Crippen LogP contribution is -2.34. The molecule has 0 atom stereocenters. The molecule has 0 bridgehead atoms. The van der Waals surface area contributed by atoms with Crippen LogP contribution in [0.2, 0.25) is 0 Å². The molecule has 0 spiro atoms. The van der Waals surface area contributed by atoms with Gasteiger partial charge in [0, 0.05) is 57.0 Å². The van der Waals surface area contributed by atoms with Crippen LogP contribution in [-0.4, -0.2) is 36.9 Å². The smallest absolute Gasteiger partial charge is 0.219 e. The molecule has 7 nitrogen and oxygen atoms in total. The Balaban J connectivity index is 0.00000117. The van der Waals surface area contributed by atoms with Crippen LogP contribution in [0.15, 0.2) is 30.6 Å². The van der Waals surface area contributed by atoms with Gasteiger partial charge in [0.2, 0.25) is 5.91 Å². The number of amides is 1. The zero-order valence-electron chi connectivity index (χ0n) is 17.5. The van der Waals surface area contributed by atoms with E-state index in [1.54, 1.807) is 33.5 Å². The summed E-state index contributed by atoms with van der Waals surface area (Å²) in [6, 6.07) is 5.03. The highest BCUT2D eigenvalue weighted by Gasteiger charge is 2.25. The average Bonchev–Trinajstić information content (AvgIpc) is 3.28. The SMILES string of the molecule is CC.CC(=O)N1CCc2c(c(Nc3ccc(-c4cnn(C)c4)cc3F)nn2C)C1. The van der Waals surface area contributed by atoms with Gasteiger partial charge in [-0.15, -0.1) is 0 Å². The van der Waals surface area contributed by atoms with E-state index in [0.717, 1.165) is 28.8 Å². The first-order chi connectivity index (χ1) is 13.9. The predicted molar refractivity (Wildman–Crippen MR) is 111 cm³/mol. The average molecular weight is 398 g/mol. The van der Waals surface area contributed by atoms with Crippen molar-refractivity contribution in [1.82, 2.24) is 24.5 Å². The summed E-state index contributed by atoms with van der Waals surface area (Å²) in [5, 5.41) is 11.7. The summed E-state index contributed by atoms with van der Waals surface area (Å²) in [4.78, 5) is 13.5. The number of nitrogens with zero attached hydrogens (tertiary/aromatic N) is 5. The highest BCUT2D eigenvalue weighted by Crippen LogP contribution is 2.30. The molecule has 1 amide bonds. The van der Waals surface area contributed by atoms with E-state index in [4.69, 9.17) is 0 Å². The quantitative estimate of drug-likeness (QED) is 0.732. The van der Waals surface area contributed by atoms with Crippen LogP contribution in [-0.2, 0) is 31.9 Å². The van der Waals surface area contributed by atoms with Gasteiger partial charge >= 0.3 is 0 Å². The van der Waals surface area contributed by atoms with E-state index >= 15 is 0 Å². The number of aryl methyl sites for hydroxylation is 2. The molecule has 3 heterocycles. The highest BCUT2D eigenvalue weighted by molar-refractivity contribution is 5.74. The second-order valence-corrected chi connectivity index (χ2v) is 6.81. The minimum Gasteiger partial charge on any atom is -0.338 e. The maximum atomic E-state index is 14.7. The number of hydrogen-bond acceptors (Lipinski definition) is 4. The fraction of sp³-hybridized carbons (Fsp3) is 0.381. The van der Waals surface area contributed by atoms with Crippen LogP contribution < -0.4 is 5.32 Å². The molecule has 3 aromatic rings. The van der Waals surface area contributed by atoms with Gasteiger partial charge in [-0.1, -0.05) is 19.9 Å². The van der Waals surface area contributed by atoms with E-state index in [-0.39, 0.29) is 11.7 Å². The molecule has 4 rings (SSSR count).